The Balaban J connectivity index is 1.94. The zero-order valence-corrected chi connectivity index (χ0v) is 9.43. The Morgan fingerprint density at radius 2 is 2.00 bits per heavy atom. The van der Waals surface area contributed by atoms with Crippen molar-refractivity contribution in [3.63, 3.8) is 0 Å². The van der Waals surface area contributed by atoms with Gasteiger partial charge in [0.2, 0.25) is 0 Å². The molecule has 1 aromatic carbocycles. The van der Waals surface area contributed by atoms with Gasteiger partial charge in [-0.2, -0.15) is 5.10 Å². The zero-order valence-electron chi connectivity index (χ0n) is 9.43. The summed E-state index contributed by atoms with van der Waals surface area (Å²) in [7, 11) is 2.10. The Hall–Kier alpha value is -1.42. The van der Waals surface area contributed by atoms with E-state index >= 15 is 0 Å². The van der Waals surface area contributed by atoms with Crippen LogP contribution >= 0.6 is 0 Å². The second-order valence-corrected chi connectivity index (χ2v) is 4.06. The maximum absolute atomic E-state index is 12.9. The third-order valence-corrected chi connectivity index (χ3v) is 2.70. The van der Waals surface area contributed by atoms with Crippen LogP contribution in [0.25, 0.3) is 0 Å². The van der Waals surface area contributed by atoms with Crippen molar-refractivity contribution in [2.24, 2.45) is 5.10 Å². The Morgan fingerprint density at radius 3 is 2.69 bits per heavy atom. The molecule has 1 fully saturated rings. The SMILES string of the molecule is CN1CCN(/N=C/c2cccc(F)c2)CC1. The smallest absolute Gasteiger partial charge is 0.123 e. The largest absolute Gasteiger partial charge is 0.303 e. The summed E-state index contributed by atoms with van der Waals surface area (Å²) in [4.78, 5) is 2.27. The molecule has 0 spiro atoms. The van der Waals surface area contributed by atoms with Gasteiger partial charge in [-0.3, -0.25) is 5.01 Å². The average molecular weight is 221 g/mol. The minimum absolute atomic E-state index is 0.220. The molecule has 1 aliphatic heterocycles. The molecule has 1 saturated heterocycles. The molecular formula is C12H16FN3. The molecule has 0 aromatic heterocycles. The highest BCUT2D eigenvalue weighted by Crippen LogP contribution is 2.03. The first-order valence-corrected chi connectivity index (χ1v) is 5.47. The van der Waals surface area contributed by atoms with E-state index in [1.165, 1.54) is 12.1 Å². The predicted octanol–water partition coefficient (Wildman–Crippen LogP) is 1.41. The summed E-state index contributed by atoms with van der Waals surface area (Å²) < 4.78 is 12.9. The lowest BCUT2D eigenvalue weighted by molar-refractivity contribution is 0.159. The summed E-state index contributed by atoms with van der Waals surface area (Å²) in [5.41, 5.74) is 0.805. The van der Waals surface area contributed by atoms with Crippen LogP contribution in [-0.4, -0.2) is 49.4 Å². The number of halogens is 1. The van der Waals surface area contributed by atoms with Crippen LogP contribution in [-0.2, 0) is 0 Å². The normalized spacial score (nSPS) is 18.2. The number of hydrogen-bond acceptors (Lipinski definition) is 3. The summed E-state index contributed by atoms with van der Waals surface area (Å²) in [6.07, 6.45) is 1.72. The second kappa shape index (κ2) is 5.07. The highest BCUT2D eigenvalue weighted by molar-refractivity contribution is 5.79. The van der Waals surface area contributed by atoms with E-state index < -0.39 is 0 Å². The van der Waals surface area contributed by atoms with E-state index in [1.807, 2.05) is 11.1 Å². The van der Waals surface area contributed by atoms with Gasteiger partial charge < -0.3 is 4.90 Å². The van der Waals surface area contributed by atoms with Gasteiger partial charge in [-0.15, -0.1) is 0 Å². The molecule has 1 aromatic rings. The van der Waals surface area contributed by atoms with Crippen molar-refractivity contribution < 1.29 is 4.39 Å². The Labute approximate surface area is 95.2 Å². The van der Waals surface area contributed by atoms with Crippen LogP contribution in [0.1, 0.15) is 5.56 Å². The maximum Gasteiger partial charge on any atom is 0.123 e. The first-order valence-electron chi connectivity index (χ1n) is 5.47. The molecule has 1 aliphatic rings. The highest BCUT2D eigenvalue weighted by atomic mass is 19.1. The van der Waals surface area contributed by atoms with Crippen molar-refractivity contribution in [3.05, 3.63) is 35.6 Å². The topological polar surface area (TPSA) is 18.8 Å². The van der Waals surface area contributed by atoms with Crippen molar-refractivity contribution in [2.75, 3.05) is 33.2 Å². The molecule has 86 valence electrons. The quantitative estimate of drug-likeness (QED) is 0.703. The predicted molar refractivity (Wildman–Crippen MR) is 63.1 cm³/mol. The molecule has 3 nitrogen and oxygen atoms in total. The second-order valence-electron chi connectivity index (χ2n) is 4.06. The molecule has 0 aliphatic carbocycles. The molecule has 0 unspecified atom stereocenters. The third-order valence-electron chi connectivity index (χ3n) is 2.70. The molecule has 16 heavy (non-hydrogen) atoms. The van der Waals surface area contributed by atoms with Crippen LogP contribution < -0.4 is 0 Å². The number of hydrazone groups is 1. The lowest BCUT2D eigenvalue weighted by Crippen LogP contribution is -2.41. The minimum atomic E-state index is -0.220. The Morgan fingerprint density at radius 1 is 1.25 bits per heavy atom. The van der Waals surface area contributed by atoms with E-state index in [0.29, 0.717) is 0 Å². The molecule has 0 N–H and O–H groups in total. The fourth-order valence-corrected chi connectivity index (χ4v) is 1.65. The number of hydrogen-bond donors (Lipinski definition) is 0. The zero-order chi connectivity index (χ0) is 11.4. The lowest BCUT2D eigenvalue weighted by atomic mass is 10.2. The van der Waals surface area contributed by atoms with Crippen molar-refractivity contribution in [3.8, 4) is 0 Å². The summed E-state index contributed by atoms with van der Waals surface area (Å²) in [5, 5.41) is 6.36. The van der Waals surface area contributed by atoms with E-state index in [-0.39, 0.29) is 5.82 Å². The lowest BCUT2D eigenvalue weighted by Gasteiger charge is -2.30. The molecule has 0 radical (unpaired) electrons. The van der Waals surface area contributed by atoms with Crippen LogP contribution in [0.4, 0.5) is 4.39 Å². The first kappa shape index (κ1) is 11.1. The van der Waals surface area contributed by atoms with Gasteiger partial charge in [0.25, 0.3) is 0 Å². The number of benzene rings is 1. The van der Waals surface area contributed by atoms with Crippen LogP contribution in [0.15, 0.2) is 29.4 Å². The molecule has 1 heterocycles. The van der Waals surface area contributed by atoms with Gasteiger partial charge in [0, 0.05) is 26.2 Å². The molecule has 0 amide bonds. The van der Waals surface area contributed by atoms with Gasteiger partial charge in [0.05, 0.1) is 6.21 Å². The van der Waals surface area contributed by atoms with Gasteiger partial charge in [-0.05, 0) is 24.7 Å². The van der Waals surface area contributed by atoms with Crippen molar-refractivity contribution in [1.29, 1.82) is 0 Å². The summed E-state index contributed by atoms with van der Waals surface area (Å²) in [5.74, 6) is -0.220. The van der Waals surface area contributed by atoms with E-state index in [9.17, 15) is 4.39 Å². The Bertz CT molecular complexity index is 370. The van der Waals surface area contributed by atoms with E-state index in [4.69, 9.17) is 0 Å². The number of rotatable bonds is 2. The van der Waals surface area contributed by atoms with E-state index in [0.717, 1.165) is 31.7 Å². The van der Waals surface area contributed by atoms with Crippen molar-refractivity contribution in [1.82, 2.24) is 9.91 Å². The minimum Gasteiger partial charge on any atom is -0.303 e. The van der Waals surface area contributed by atoms with Gasteiger partial charge in [0.15, 0.2) is 0 Å². The van der Waals surface area contributed by atoms with E-state index in [2.05, 4.69) is 17.0 Å². The van der Waals surface area contributed by atoms with Crippen molar-refractivity contribution >= 4 is 6.21 Å². The molecule has 0 bridgehead atoms. The van der Waals surface area contributed by atoms with Gasteiger partial charge in [-0.25, -0.2) is 4.39 Å². The van der Waals surface area contributed by atoms with Crippen LogP contribution in [0.5, 0.6) is 0 Å². The van der Waals surface area contributed by atoms with Crippen molar-refractivity contribution in [2.45, 2.75) is 0 Å². The molecule has 2 rings (SSSR count). The number of nitrogens with zero attached hydrogens (tertiary/aromatic N) is 3. The maximum atomic E-state index is 12.9. The standard InChI is InChI=1S/C12H16FN3/c1-15-5-7-16(8-6-15)14-10-11-3-2-4-12(13)9-11/h2-4,9-10H,5-8H2,1H3/b14-10+. The van der Waals surface area contributed by atoms with Gasteiger partial charge >= 0.3 is 0 Å². The molecular weight excluding hydrogens is 205 g/mol. The Kier molecular flexibility index (Phi) is 3.51. The highest BCUT2D eigenvalue weighted by Gasteiger charge is 2.10. The summed E-state index contributed by atoms with van der Waals surface area (Å²) in [6, 6.07) is 6.47. The van der Waals surface area contributed by atoms with Gasteiger partial charge in [0.1, 0.15) is 5.82 Å². The van der Waals surface area contributed by atoms with Crippen LogP contribution in [0.3, 0.4) is 0 Å². The fraction of sp³-hybridized carbons (Fsp3) is 0.417. The third kappa shape index (κ3) is 3.03. The summed E-state index contributed by atoms with van der Waals surface area (Å²) >= 11 is 0. The van der Waals surface area contributed by atoms with Crippen LogP contribution in [0.2, 0.25) is 0 Å². The molecule has 4 heteroatoms. The molecule has 0 atom stereocenters. The average Bonchev–Trinajstić information content (AvgIpc) is 2.28. The van der Waals surface area contributed by atoms with Crippen LogP contribution in [0, 0.1) is 5.82 Å². The fourth-order valence-electron chi connectivity index (χ4n) is 1.65. The number of piperazine rings is 1. The summed E-state index contributed by atoms with van der Waals surface area (Å²) in [6.45, 7) is 3.92. The molecule has 0 saturated carbocycles. The first-order chi connectivity index (χ1) is 7.74. The monoisotopic (exact) mass is 221 g/mol. The number of likely N-dealkylation sites (N-methyl/N-ethyl adjacent to an activating group) is 1. The van der Waals surface area contributed by atoms with E-state index in [1.54, 1.807) is 12.3 Å². The van der Waals surface area contributed by atoms with Gasteiger partial charge in [-0.1, -0.05) is 12.1 Å².